The molecule has 0 aliphatic heterocycles. The van der Waals surface area contributed by atoms with Gasteiger partial charge in [-0.2, -0.15) is 33.4 Å². The van der Waals surface area contributed by atoms with Crippen LogP contribution < -0.4 is 25.8 Å². The molecule has 3 aromatic rings. The highest BCUT2D eigenvalue weighted by Crippen LogP contribution is 2.38. The Kier molecular flexibility index (Phi) is 17.3. The average Bonchev–Trinajstić information content (AvgIpc) is 3.00. The number of nitro groups is 1. The first-order valence-corrected chi connectivity index (χ1v) is 17.6. The van der Waals surface area contributed by atoms with Crippen LogP contribution in [0, 0.1) is 21.4 Å². The molecule has 0 aliphatic rings. The van der Waals surface area contributed by atoms with E-state index in [0.717, 1.165) is 18.2 Å². The molecule has 2 unspecified atom stereocenters. The van der Waals surface area contributed by atoms with Crippen molar-refractivity contribution in [2.45, 2.75) is 51.9 Å². The number of alkyl halides is 3. The fourth-order valence-electron chi connectivity index (χ4n) is 3.32. The lowest BCUT2D eigenvalue weighted by molar-refractivity contribution is -0.385. The van der Waals surface area contributed by atoms with Gasteiger partial charge in [0.1, 0.15) is 23.1 Å². The molecule has 2 aromatic carbocycles. The first kappa shape index (κ1) is 44.6. The van der Waals surface area contributed by atoms with E-state index in [9.17, 15) is 32.6 Å². The number of carboxylic acids is 1. The number of hydrogen-bond donors (Lipinski definition) is 5. The standard InChI is InChI=1S/C15H11ClF3NO4.C9H13ClN6.C5H12NO4P/c1-2-23-14-8-10(4-5-12(14)20(21)22)24-13-6-3-9(7-11(13)16)15(17,18)19;1-4-12-7-13-6(10)14-8(15-7)16-9(2,3)5-11;1-11(9,10)3-2-4(6)5(7)8/h3-8H,2H2,1H3;4H2,1-3H3,(H2,12,13,14,15,16);4H,2-3,6H2,1H3,(H,7,8)(H,9,10). The molecule has 0 aliphatic carbocycles. The number of aliphatic carboxylic acids is 1. The largest absolute Gasteiger partial charge is 0.487 e. The van der Waals surface area contributed by atoms with Crippen LogP contribution in [0.2, 0.25) is 10.3 Å². The minimum Gasteiger partial charge on any atom is -0.487 e. The summed E-state index contributed by atoms with van der Waals surface area (Å²) >= 11 is 11.5. The number of nitrogens with zero attached hydrogens (tertiary/aromatic N) is 5. The van der Waals surface area contributed by atoms with E-state index >= 15 is 0 Å². The lowest BCUT2D eigenvalue weighted by atomic mass is 10.1. The van der Waals surface area contributed by atoms with Crippen molar-refractivity contribution in [3.63, 3.8) is 0 Å². The van der Waals surface area contributed by atoms with Crippen molar-refractivity contribution in [3.05, 3.63) is 62.4 Å². The number of nitriles is 1. The van der Waals surface area contributed by atoms with Gasteiger partial charge in [-0.1, -0.05) is 11.6 Å². The molecule has 51 heavy (non-hydrogen) atoms. The third-order valence-electron chi connectivity index (χ3n) is 5.73. The van der Waals surface area contributed by atoms with Crippen molar-refractivity contribution in [1.29, 1.82) is 5.26 Å². The van der Waals surface area contributed by atoms with Crippen LogP contribution in [-0.4, -0.2) is 73.4 Å². The monoisotopic (exact) mass is 782 g/mol. The SMILES string of the molecule is CCNc1nc(Cl)nc(NC(C)(C)C#N)n1.CCOc1cc(Oc2ccc(C(F)(F)F)cc2Cl)ccc1[N+](=O)[O-].CP(=O)(O)CCC(N)C(=O)O. The van der Waals surface area contributed by atoms with Crippen molar-refractivity contribution in [3.8, 4) is 23.3 Å². The topological polar surface area (TPSA) is 249 Å². The molecular weight excluding hydrogens is 747 g/mol. The van der Waals surface area contributed by atoms with Crippen molar-refractivity contribution in [1.82, 2.24) is 15.0 Å². The summed E-state index contributed by atoms with van der Waals surface area (Å²) in [6, 6.07) is 7.45. The Morgan fingerprint density at radius 3 is 2.25 bits per heavy atom. The van der Waals surface area contributed by atoms with E-state index in [-0.39, 0.29) is 58.4 Å². The van der Waals surface area contributed by atoms with Crippen LogP contribution >= 0.6 is 30.6 Å². The number of carbonyl (C=O) groups is 1. The smallest absolute Gasteiger partial charge is 0.416 e. The second-order valence-corrected chi connectivity index (χ2v) is 14.0. The number of anilines is 2. The van der Waals surface area contributed by atoms with Crippen LogP contribution in [0.3, 0.4) is 0 Å². The lowest BCUT2D eigenvalue weighted by Gasteiger charge is -2.17. The molecule has 0 amide bonds. The summed E-state index contributed by atoms with van der Waals surface area (Å²) < 4.78 is 59.0. The number of ether oxygens (including phenoxy) is 2. The molecule has 0 fully saturated rings. The van der Waals surface area contributed by atoms with Gasteiger partial charge in [0, 0.05) is 31.5 Å². The van der Waals surface area contributed by atoms with Gasteiger partial charge < -0.3 is 35.8 Å². The average molecular weight is 784 g/mol. The third kappa shape index (κ3) is 16.9. The van der Waals surface area contributed by atoms with E-state index in [0.29, 0.717) is 12.5 Å². The van der Waals surface area contributed by atoms with Crippen LogP contribution in [0.5, 0.6) is 17.2 Å². The predicted octanol–water partition coefficient (Wildman–Crippen LogP) is 6.82. The lowest BCUT2D eigenvalue weighted by Crippen LogP contribution is -2.30. The van der Waals surface area contributed by atoms with Gasteiger partial charge in [-0.15, -0.1) is 0 Å². The minimum absolute atomic E-state index is 0.0111. The van der Waals surface area contributed by atoms with Crippen molar-refractivity contribution >= 4 is 54.1 Å². The number of aromatic nitrogens is 3. The molecule has 1 heterocycles. The Labute approximate surface area is 300 Å². The van der Waals surface area contributed by atoms with Gasteiger partial charge in [0.2, 0.25) is 22.9 Å². The van der Waals surface area contributed by atoms with Crippen LogP contribution in [0.25, 0.3) is 0 Å². The molecule has 0 saturated carbocycles. The number of benzene rings is 2. The highest BCUT2D eigenvalue weighted by Gasteiger charge is 2.31. The number of halogens is 5. The molecule has 22 heteroatoms. The summed E-state index contributed by atoms with van der Waals surface area (Å²) in [6.07, 6.45) is -4.52. The van der Waals surface area contributed by atoms with E-state index < -0.39 is 41.6 Å². The number of rotatable bonds is 13. The first-order valence-electron chi connectivity index (χ1n) is 14.6. The number of nitro benzene ring substituents is 1. The molecular formula is C29H36Cl2F3N8O8P. The molecule has 0 bridgehead atoms. The van der Waals surface area contributed by atoms with Crippen LogP contribution in [0.4, 0.5) is 30.8 Å². The Balaban J connectivity index is 0.000000416. The zero-order valence-electron chi connectivity index (χ0n) is 27.9. The van der Waals surface area contributed by atoms with Gasteiger partial charge in [0.15, 0.2) is 7.37 Å². The quantitative estimate of drug-likeness (QED) is 0.0678. The van der Waals surface area contributed by atoms with E-state index in [4.69, 9.17) is 53.7 Å². The molecule has 2 atom stereocenters. The van der Waals surface area contributed by atoms with Crippen molar-refractivity contribution in [2.24, 2.45) is 5.73 Å². The molecule has 0 saturated heterocycles. The maximum atomic E-state index is 12.6. The van der Waals surface area contributed by atoms with Crippen LogP contribution in [0.1, 0.15) is 39.7 Å². The summed E-state index contributed by atoms with van der Waals surface area (Å²) in [4.78, 5) is 41.0. The molecule has 1 aromatic heterocycles. The Morgan fingerprint density at radius 1 is 1.14 bits per heavy atom. The zero-order chi connectivity index (χ0) is 39.2. The Hall–Kier alpha value is -4.47. The Morgan fingerprint density at radius 2 is 1.76 bits per heavy atom. The van der Waals surface area contributed by atoms with E-state index in [1.54, 1.807) is 20.8 Å². The second-order valence-electron chi connectivity index (χ2n) is 10.7. The molecule has 0 spiro atoms. The van der Waals surface area contributed by atoms with Gasteiger partial charge in [-0.3, -0.25) is 19.5 Å². The number of nitrogens with two attached hydrogens (primary N) is 1. The summed E-state index contributed by atoms with van der Waals surface area (Å²) in [5.74, 6) is -0.352. The van der Waals surface area contributed by atoms with Gasteiger partial charge in [-0.25, -0.2) is 0 Å². The van der Waals surface area contributed by atoms with Crippen molar-refractivity contribution < 1.29 is 46.9 Å². The van der Waals surface area contributed by atoms with Crippen molar-refractivity contribution in [2.75, 3.05) is 36.6 Å². The van der Waals surface area contributed by atoms with Gasteiger partial charge in [-0.05, 0) is 70.0 Å². The van der Waals surface area contributed by atoms with Gasteiger partial charge >= 0.3 is 17.8 Å². The number of carboxylic acid groups (broad SMARTS) is 1. The summed E-state index contributed by atoms with van der Waals surface area (Å²) in [6.45, 7) is 9.08. The van der Waals surface area contributed by atoms with Gasteiger partial charge in [0.25, 0.3) is 0 Å². The molecule has 0 radical (unpaired) electrons. The summed E-state index contributed by atoms with van der Waals surface area (Å²) in [7, 11) is -3.10. The summed E-state index contributed by atoms with van der Waals surface area (Å²) in [5, 5.41) is 33.7. The molecule has 6 N–H and O–H groups in total. The summed E-state index contributed by atoms with van der Waals surface area (Å²) in [5.41, 5.74) is 3.18. The highest BCUT2D eigenvalue weighted by molar-refractivity contribution is 7.57. The third-order valence-corrected chi connectivity index (χ3v) is 7.29. The van der Waals surface area contributed by atoms with E-state index in [1.165, 1.54) is 24.9 Å². The molecule has 280 valence electrons. The van der Waals surface area contributed by atoms with Crippen LogP contribution in [-0.2, 0) is 15.5 Å². The fraction of sp³-hybridized carbons (Fsp3) is 0.414. The van der Waals surface area contributed by atoms with E-state index in [2.05, 4.69) is 31.7 Å². The highest BCUT2D eigenvalue weighted by atomic mass is 35.5. The maximum absolute atomic E-state index is 12.6. The zero-order valence-corrected chi connectivity index (χ0v) is 30.3. The predicted molar refractivity (Wildman–Crippen MR) is 184 cm³/mol. The normalized spacial score (nSPS) is 12.7. The van der Waals surface area contributed by atoms with Gasteiger partial charge in [0.05, 0.1) is 28.2 Å². The number of nitrogens with one attached hydrogen (secondary N) is 2. The van der Waals surface area contributed by atoms with E-state index in [1.807, 2.05) is 6.92 Å². The van der Waals surface area contributed by atoms with Crippen LogP contribution in [0.15, 0.2) is 36.4 Å². The minimum atomic E-state index is -4.52. The fourth-order valence-corrected chi connectivity index (χ4v) is 4.46. The maximum Gasteiger partial charge on any atom is 0.416 e. The number of hydrogen-bond acceptors (Lipinski definition) is 13. The first-order chi connectivity index (χ1) is 23.5. The Bertz CT molecular complexity index is 1740. The molecule has 3 rings (SSSR count). The second kappa shape index (κ2) is 19.8. The molecule has 16 nitrogen and oxygen atoms in total.